The van der Waals surface area contributed by atoms with E-state index in [9.17, 15) is 9.59 Å². The number of hydrogen-bond acceptors (Lipinski definition) is 6. The number of methoxy groups -OCH3 is 1. The van der Waals surface area contributed by atoms with Gasteiger partial charge in [-0.3, -0.25) is 14.5 Å². The smallest absolute Gasteiger partial charge is 0.307 e. The molecule has 1 aliphatic rings. The third kappa shape index (κ3) is 6.01. The molecule has 1 unspecified atom stereocenters. The first-order chi connectivity index (χ1) is 14.0. The van der Waals surface area contributed by atoms with E-state index in [2.05, 4.69) is 20.6 Å². The third-order valence-electron chi connectivity index (χ3n) is 5.21. The molecule has 0 saturated carbocycles. The van der Waals surface area contributed by atoms with Gasteiger partial charge < -0.3 is 10.1 Å². The molecule has 1 N–H and O–H groups in total. The van der Waals surface area contributed by atoms with Crippen LogP contribution in [0.1, 0.15) is 41.6 Å². The molecule has 1 saturated heterocycles. The highest BCUT2D eigenvalue weighted by Gasteiger charge is 2.28. The summed E-state index contributed by atoms with van der Waals surface area (Å²) in [5.41, 5.74) is 1.82. The van der Waals surface area contributed by atoms with Crippen molar-refractivity contribution in [2.24, 2.45) is 5.92 Å². The Bertz CT molecular complexity index is 849. The summed E-state index contributed by atoms with van der Waals surface area (Å²) in [5.74, 6) is -0.502. The van der Waals surface area contributed by atoms with E-state index in [1.54, 1.807) is 17.4 Å². The minimum atomic E-state index is -0.500. The lowest BCUT2D eigenvalue weighted by atomic mass is 9.94. The Morgan fingerprint density at radius 1 is 1.34 bits per heavy atom. The molecule has 0 aliphatic carbocycles. The number of esters is 1. The number of halogens is 1. The van der Waals surface area contributed by atoms with E-state index in [-0.39, 0.29) is 24.2 Å². The number of rotatable bonds is 7. The van der Waals surface area contributed by atoms with Gasteiger partial charge in [-0.15, -0.1) is 11.3 Å². The minimum absolute atomic E-state index is 0.0389. The zero-order valence-electron chi connectivity index (χ0n) is 16.7. The molecular weight excluding hydrogens is 410 g/mol. The predicted octanol–water partition coefficient (Wildman–Crippen LogP) is 3.74. The quantitative estimate of drug-likeness (QED) is 0.671. The van der Waals surface area contributed by atoms with Crippen molar-refractivity contribution in [3.8, 4) is 0 Å². The van der Waals surface area contributed by atoms with Crippen LogP contribution in [0.2, 0.25) is 5.02 Å². The summed E-state index contributed by atoms with van der Waals surface area (Å²) in [5, 5.41) is 6.71. The monoisotopic (exact) mass is 435 g/mol. The molecule has 8 heteroatoms. The molecular formula is C21H26ClN3O3S. The van der Waals surface area contributed by atoms with Gasteiger partial charge in [0, 0.05) is 22.9 Å². The van der Waals surface area contributed by atoms with Crippen LogP contribution in [0.4, 0.5) is 0 Å². The molecule has 6 nitrogen and oxygen atoms in total. The van der Waals surface area contributed by atoms with Gasteiger partial charge in [0.2, 0.25) is 5.91 Å². The molecule has 3 rings (SSSR count). The van der Waals surface area contributed by atoms with E-state index >= 15 is 0 Å². The maximum Gasteiger partial charge on any atom is 0.307 e. The van der Waals surface area contributed by atoms with E-state index in [1.165, 1.54) is 7.11 Å². The minimum Gasteiger partial charge on any atom is -0.469 e. The van der Waals surface area contributed by atoms with Crippen molar-refractivity contribution in [2.45, 2.75) is 38.8 Å². The van der Waals surface area contributed by atoms with Gasteiger partial charge in [0.15, 0.2) is 0 Å². The Balaban J connectivity index is 1.58. The first kappa shape index (κ1) is 21.7. The van der Waals surface area contributed by atoms with E-state index in [0.717, 1.165) is 48.7 Å². The summed E-state index contributed by atoms with van der Waals surface area (Å²) >= 11 is 7.96. The second-order valence-electron chi connectivity index (χ2n) is 7.27. The number of ether oxygens (including phenoxy) is 1. The molecule has 1 aromatic heterocycles. The third-order valence-corrected chi connectivity index (χ3v) is 6.37. The van der Waals surface area contributed by atoms with Crippen LogP contribution in [0.15, 0.2) is 29.6 Å². The molecule has 29 heavy (non-hydrogen) atoms. The van der Waals surface area contributed by atoms with Crippen LogP contribution in [-0.4, -0.2) is 42.0 Å². The van der Waals surface area contributed by atoms with Gasteiger partial charge in [-0.05, 0) is 44.5 Å². The van der Waals surface area contributed by atoms with Gasteiger partial charge in [-0.25, -0.2) is 4.98 Å². The average Bonchev–Trinajstić information content (AvgIpc) is 3.12. The number of carbonyl (C=O) groups is 2. The van der Waals surface area contributed by atoms with Crippen molar-refractivity contribution >= 4 is 34.8 Å². The number of hydrogen-bond donors (Lipinski definition) is 1. The van der Waals surface area contributed by atoms with Crippen LogP contribution in [0.3, 0.4) is 0 Å². The highest BCUT2D eigenvalue weighted by atomic mass is 35.5. The Morgan fingerprint density at radius 2 is 2.07 bits per heavy atom. The van der Waals surface area contributed by atoms with Gasteiger partial charge in [0.25, 0.3) is 0 Å². The number of carbonyl (C=O) groups excluding carboxylic acids is 2. The standard InChI is InChI=1S/C21H26ClN3O3S/c1-14-23-16(13-29-14)12-25-9-7-15(8-10-25)21(27)24-19(11-20(26)28-2)17-5-3-4-6-18(17)22/h3-6,13,15,19H,7-12H2,1-2H3,(H,24,27). The summed E-state index contributed by atoms with van der Waals surface area (Å²) in [7, 11) is 1.34. The number of amides is 1. The Kier molecular flexibility index (Phi) is 7.64. The van der Waals surface area contributed by atoms with Crippen molar-refractivity contribution < 1.29 is 14.3 Å². The number of thiazole rings is 1. The fourth-order valence-electron chi connectivity index (χ4n) is 3.60. The lowest BCUT2D eigenvalue weighted by Gasteiger charge is -2.31. The van der Waals surface area contributed by atoms with Gasteiger partial charge in [0.1, 0.15) is 0 Å². The van der Waals surface area contributed by atoms with Gasteiger partial charge in [0.05, 0.1) is 30.3 Å². The lowest BCUT2D eigenvalue weighted by molar-refractivity contribution is -0.141. The van der Waals surface area contributed by atoms with E-state index < -0.39 is 6.04 Å². The van der Waals surface area contributed by atoms with Gasteiger partial charge in [-0.1, -0.05) is 29.8 Å². The molecule has 1 atom stereocenters. The second-order valence-corrected chi connectivity index (χ2v) is 8.74. The second kappa shape index (κ2) is 10.2. The van der Waals surface area contributed by atoms with Gasteiger partial charge >= 0.3 is 5.97 Å². The Labute approximate surface area is 180 Å². The number of nitrogens with one attached hydrogen (secondary N) is 1. The van der Waals surface area contributed by atoms with Crippen molar-refractivity contribution in [2.75, 3.05) is 20.2 Å². The summed E-state index contributed by atoms with van der Waals surface area (Å²) in [6, 6.07) is 6.75. The molecule has 1 aliphatic heterocycles. The van der Waals surface area contributed by atoms with Crippen molar-refractivity contribution in [1.82, 2.24) is 15.2 Å². The van der Waals surface area contributed by atoms with Crippen LogP contribution in [-0.2, 0) is 20.9 Å². The van der Waals surface area contributed by atoms with E-state index in [4.69, 9.17) is 16.3 Å². The molecule has 156 valence electrons. The van der Waals surface area contributed by atoms with Crippen molar-refractivity contribution in [1.29, 1.82) is 0 Å². The maximum atomic E-state index is 12.9. The number of aryl methyl sites for hydroxylation is 1. The number of piperidine rings is 1. The first-order valence-electron chi connectivity index (χ1n) is 9.71. The largest absolute Gasteiger partial charge is 0.469 e. The van der Waals surface area contributed by atoms with Crippen molar-refractivity contribution in [3.63, 3.8) is 0 Å². The summed E-state index contributed by atoms with van der Waals surface area (Å²) in [4.78, 5) is 31.6. The summed E-state index contributed by atoms with van der Waals surface area (Å²) in [6.07, 6.45) is 1.61. The molecule has 1 aromatic carbocycles. The molecule has 1 amide bonds. The Hall–Kier alpha value is -1.96. The molecule has 0 bridgehead atoms. The van der Waals surface area contributed by atoms with Crippen LogP contribution in [0.5, 0.6) is 0 Å². The number of nitrogens with zero attached hydrogens (tertiary/aromatic N) is 2. The molecule has 1 fully saturated rings. The van der Waals surface area contributed by atoms with Crippen LogP contribution in [0, 0.1) is 12.8 Å². The molecule has 2 heterocycles. The average molecular weight is 436 g/mol. The highest BCUT2D eigenvalue weighted by molar-refractivity contribution is 7.09. The zero-order chi connectivity index (χ0) is 20.8. The topological polar surface area (TPSA) is 71.5 Å². The van der Waals surface area contributed by atoms with Crippen LogP contribution in [0.25, 0.3) is 0 Å². The summed E-state index contributed by atoms with van der Waals surface area (Å²) in [6.45, 7) is 4.53. The van der Waals surface area contributed by atoms with Crippen molar-refractivity contribution in [3.05, 3.63) is 50.9 Å². The fraction of sp³-hybridized carbons (Fsp3) is 0.476. The molecule has 0 radical (unpaired) electrons. The maximum absolute atomic E-state index is 12.9. The molecule has 0 spiro atoms. The van der Waals surface area contributed by atoms with Crippen LogP contribution >= 0.6 is 22.9 Å². The number of aromatic nitrogens is 1. The van der Waals surface area contributed by atoms with E-state index in [0.29, 0.717) is 5.02 Å². The number of benzene rings is 1. The summed E-state index contributed by atoms with van der Waals surface area (Å²) < 4.78 is 4.80. The Morgan fingerprint density at radius 3 is 2.69 bits per heavy atom. The molecule has 2 aromatic rings. The van der Waals surface area contributed by atoms with Crippen LogP contribution < -0.4 is 5.32 Å². The van der Waals surface area contributed by atoms with E-state index in [1.807, 2.05) is 25.1 Å². The highest BCUT2D eigenvalue weighted by Crippen LogP contribution is 2.27. The van der Waals surface area contributed by atoms with Gasteiger partial charge in [-0.2, -0.15) is 0 Å². The fourth-order valence-corrected chi connectivity index (χ4v) is 4.47. The predicted molar refractivity (Wildman–Crippen MR) is 114 cm³/mol. The lowest BCUT2D eigenvalue weighted by Crippen LogP contribution is -2.41. The normalized spacial score (nSPS) is 16.4. The number of likely N-dealkylation sites (tertiary alicyclic amines) is 1. The SMILES string of the molecule is COC(=O)CC(NC(=O)C1CCN(Cc2csc(C)n2)CC1)c1ccccc1Cl. The zero-order valence-corrected chi connectivity index (χ0v) is 18.3. The first-order valence-corrected chi connectivity index (χ1v) is 11.0.